The summed E-state index contributed by atoms with van der Waals surface area (Å²) < 4.78 is 0. The molecule has 20 heavy (non-hydrogen) atoms. The minimum atomic E-state index is -0.464. The van der Waals surface area contributed by atoms with E-state index in [9.17, 15) is 10.1 Å². The van der Waals surface area contributed by atoms with Crippen LogP contribution in [-0.4, -0.2) is 9.91 Å². The molecule has 2 rings (SSSR count). The van der Waals surface area contributed by atoms with Gasteiger partial charge >= 0.3 is 0 Å². The van der Waals surface area contributed by atoms with Gasteiger partial charge in [-0.3, -0.25) is 10.1 Å². The molecule has 1 heterocycles. The van der Waals surface area contributed by atoms with E-state index in [4.69, 9.17) is 29.0 Å². The third-order valence-corrected chi connectivity index (χ3v) is 4.06. The second-order valence-electron chi connectivity index (χ2n) is 3.58. The normalized spacial score (nSPS) is 10.3. The van der Waals surface area contributed by atoms with Crippen LogP contribution in [0.15, 0.2) is 40.3 Å². The van der Waals surface area contributed by atoms with Gasteiger partial charge in [0.1, 0.15) is 5.03 Å². The van der Waals surface area contributed by atoms with Gasteiger partial charge in [-0.25, -0.2) is 10.8 Å². The maximum atomic E-state index is 11.0. The average Bonchev–Trinajstić information content (AvgIpc) is 2.42. The Kier molecular flexibility index (Phi) is 4.66. The number of aromatic nitrogens is 1. The number of benzene rings is 1. The summed E-state index contributed by atoms with van der Waals surface area (Å²) in [5, 5.41) is 11.9. The summed E-state index contributed by atoms with van der Waals surface area (Å²) in [5.41, 5.74) is 2.32. The monoisotopic (exact) mass is 330 g/mol. The topological polar surface area (TPSA) is 94.1 Å². The van der Waals surface area contributed by atoms with Gasteiger partial charge in [-0.1, -0.05) is 47.1 Å². The molecular weight excluding hydrogens is 323 g/mol. The highest BCUT2D eigenvalue weighted by Gasteiger charge is 2.17. The Balaban J connectivity index is 2.42. The fourth-order valence-corrected chi connectivity index (χ4v) is 2.85. The molecule has 0 saturated heterocycles. The molecule has 3 N–H and O–H groups in total. The van der Waals surface area contributed by atoms with Crippen molar-refractivity contribution in [2.75, 3.05) is 5.43 Å². The number of nitrogens with two attached hydrogens (primary N) is 1. The first-order valence-corrected chi connectivity index (χ1v) is 6.84. The predicted octanol–water partition coefficient (Wildman–Crippen LogP) is 3.73. The number of nitrogens with one attached hydrogen (secondary N) is 1. The van der Waals surface area contributed by atoms with Crippen LogP contribution in [0.4, 0.5) is 11.5 Å². The third-order valence-electron chi connectivity index (χ3n) is 2.30. The second-order valence-corrected chi connectivity index (χ2v) is 5.42. The SMILES string of the molecule is NNc1nc(Sc2ccccc2[N+](=O)[O-])c(Cl)cc1Cl. The maximum Gasteiger partial charge on any atom is 0.283 e. The third kappa shape index (κ3) is 3.13. The van der Waals surface area contributed by atoms with Crippen LogP contribution in [0, 0.1) is 10.1 Å². The smallest absolute Gasteiger partial charge is 0.283 e. The van der Waals surface area contributed by atoms with E-state index in [0.29, 0.717) is 9.92 Å². The molecule has 0 saturated carbocycles. The maximum absolute atomic E-state index is 11.0. The van der Waals surface area contributed by atoms with Crippen molar-refractivity contribution in [3.05, 3.63) is 50.5 Å². The molecule has 0 bridgehead atoms. The van der Waals surface area contributed by atoms with Gasteiger partial charge in [0, 0.05) is 6.07 Å². The molecular formula is C11H8Cl2N4O2S. The average molecular weight is 331 g/mol. The van der Waals surface area contributed by atoms with Gasteiger partial charge in [0.05, 0.1) is 19.9 Å². The van der Waals surface area contributed by atoms with Crippen molar-refractivity contribution >= 4 is 46.5 Å². The molecule has 0 unspecified atom stereocenters. The molecule has 9 heteroatoms. The van der Waals surface area contributed by atoms with Crippen LogP contribution in [0.1, 0.15) is 0 Å². The summed E-state index contributed by atoms with van der Waals surface area (Å²) in [7, 11) is 0. The number of halogens is 2. The molecule has 104 valence electrons. The summed E-state index contributed by atoms with van der Waals surface area (Å²) in [6.07, 6.45) is 0. The van der Waals surface area contributed by atoms with Crippen LogP contribution in [0.25, 0.3) is 0 Å². The number of nitro groups is 1. The number of para-hydroxylation sites is 1. The number of nitro benzene ring substituents is 1. The van der Waals surface area contributed by atoms with E-state index in [1.54, 1.807) is 18.2 Å². The number of rotatable bonds is 4. The highest BCUT2D eigenvalue weighted by molar-refractivity contribution is 7.99. The molecule has 1 aromatic carbocycles. The van der Waals surface area contributed by atoms with Gasteiger partial charge in [-0.2, -0.15) is 0 Å². The van der Waals surface area contributed by atoms with Crippen LogP contribution >= 0.6 is 35.0 Å². The number of pyridine rings is 1. The van der Waals surface area contributed by atoms with Crippen molar-refractivity contribution in [3.8, 4) is 0 Å². The lowest BCUT2D eigenvalue weighted by Crippen LogP contribution is -2.09. The van der Waals surface area contributed by atoms with Gasteiger partial charge in [0.15, 0.2) is 5.82 Å². The molecule has 2 aromatic rings. The van der Waals surface area contributed by atoms with Crippen LogP contribution in [0.2, 0.25) is 10.0 Å². The number of nitrogen functional groups attached to an aromatic ring is 1. The summed E-state index contributed by atoms with van der Waals surface area (Å²) >= 11 is 13.0. The van der Waals surface area contributed by atoms with E-state index >= 15 is 0 Å². The molecule has 0 aliphatic carbocycles. The first kappa shape index (κ1) is 14.9. The van der Waals surface area contributed by atoms with Crippen molar-refractivity contribution in [1.29, 1.82) is 0 Å². The molecule has 0 fully saturated rings. The Bertz CT molecular complexity index is 669. The van der Waals surface area contributed by atoms with Crippen molar-refractivity contribution < 1.29 is 4.92 Å². The minimum Gasteiger partial charge on any atom is -0.307 e. The Morgan fingerprint density at radius 1 is 1.30 bits per heavy atom. The number of anilines is 1. The van der Waals surface area contributed by atoms with Crippen LogP contribution in [-0.2, 0) is 0 Å². The van der Waals surface area contributed by atoms with Gasteiger partial charge in [-0.05, 0) is 12.1 Å². The molecule has 6 nitrogen and oxygen atoms in total. The van der Waals surface area contributed by atoms with Crippen LogP contribution < -0.4 is 11.3 Å². The van der Waals surface area contributed by atoms with Crippen molar-refractivity contribution in [2.24, 2.45) is 5.84 Å². The fraction of sp³-hybridized carbons (Fsp3) is 0. The van der Waals surface area contributed by atoms with Gasteiger partial charge in [-0.15, -0.1) is 0 Å². The van der Waals surface area contributed by atoms with E-state index in [2.05, 4.69) is 10.4 Å². The highest BCUT2D eigenvalue weighted by atomic mass is 35.5. The number of hydrogen-bond acceptors (Lipinski definition) is 6. The van der Waals surface area contributed by atoms with Gasteiger partial charge in [0.2, 0.25) is 0 Å². The molecule has 0 spiro atoms. The van der Waals surface area contributed by atoms with E-state index in [-0.39, 0.29) is 21.6 Å². The lowest BCUT2D eigenvalue weighted by atomic mass is 10.3. The molecule has 0 atom stereocenters. The van der Waals surface area contributed by atoms with E-state index in [0.717, 1.165) is 11.8 Å². The first-order chi connectivity index (χ1) is 9.52. The zero-order valence-electron chi connectivity index (χ0n) is 9.84. The number of hydrazine groups is 1. The lowest BCUT2D eigenvalue weighted by molar-refractivity contribution is -0.387. The van der Waals surface area contributed by atoms with Crippen molar-refractivity contribution in [2.45, 2.75) is 9.92 Å². The lowest BCUT2D eigenvalue weighted by Gasteiger charge is -2.08. The Morgan fingerprint density at radius 2 is 2.00 bits per heavy atom. The summed E-state index contributed by atoms with van der Waals surface area (Å²) in [6.45, 7) is 0. The standard InChI is InChI=1S/C11H8Cl2N4O2S/c12-6-5-7(13)11(15-10(6)16-14)20-9-4-2-1-3-8(9)17(18)19/h1-5H,14H2,(H,15,16). The number of hydrogen-bond donors (Lipinski definition) is 2. The Hall–Kier alpha value is -1.54. The molecule has 0 amide bonds. The predicted molar refractivity (Wildman–Crippen MR) is 79.3 cm³/mol. The zero-order valence-corrected chi connectivity index (χ0v) is 12.2. The highest BCUT2D eigenvalue weighted by Crippen LogP contribution is 2.39. The molecule has 0 aliphatic heterocycles. The molecule has 0 aliphatic rings. The minimum absolute atomic E-state index is 0.0208. The first-order valence-electron chi connectivity index (χ1n) is 5.27. The second kappa shape index (κ2) is 6.27. The van der Waals surface area contributed by atoms with Gasteiger partial charge < -0.3 is 5.43 Å². The Labute approximate surface area is 128 Å². The van der Waals surface area contributed by atoms with Crippen LogP contribution in [0.5, 0.6) is 0 Å². The fourth-order valence-electron chi connectivity index (χ4n) is 1.42. The van der Waals surface area contributed by atoms with E-state index in [1.807, 2.05) is 0 Å². The molecule has 1 aromatic heterocycles. The summed E-state index contributed by atoms with van der Waals surface area (Å²) in [5.74, 6) is 5.53. The molecule has 0 radical (unpaired) electrons. The quantitative estimate of drug-likeness (QED) is 0.504. The van der Waals surface area contributed by atoms with Crippen LogP contribution in [0.3, 0.4) is 0 Å². The zero-order chi connectivity index (χ0) is 14.7. The van der Waals surface area contributed by atoms with E-state index in [1.165, 1.54) is 12.1 Å². The number of nitrogens with zero attached hydrogens (tertiary/aromatic N) is 2. The van der Waals surface area contributed by atoms with E-state index < -0.39 is 4.92 Å². The van der Waals surface area contributed by atoms with Gasteiger partial charge in [0.25, 0.3) is 5.69 Å². The van der Waals surface area contributed by atoms with Crippen molar-refractivity contribution in [3.63, 3.8) is 0 Å². The largest absolute Gasteiger partial charge is 0.307 e. The van der Waals surface area contributed by atoms with Crippen molar-refractivity contribution in [1.82, 2.24) is 4.98 Å². The Morgan fingerprint density at radius 3 is 2.65 bits per heavy atom. The summed E-state index contributed by atoms with van der Waals surface area (Å²) in [4.78, 5) is 15.0. The summed E-state index contributed by atoms with van der Waals surface area (Å²) in [6, 6.07) is 7.79.